The van der Waals surface area contributed by atoms with Gasteiger partial charge < -0.3 is 9.80 Å². The lowest BCUT2D eigenvalue weighted by atomic mass is 9.99. The van der Waals surface area contributed by atoms with Gasteiger partial charge in [-0.3, -0.25) is 10.2 Å². The van der Waals surface area contributed by atoms with Crippen molar-refractivity contribution in [3.8, 4) is 0 Å². The third kappa shape index (κ3) is 4.03. The standard InChI is InChI=1S/C20H25FN4O/c1-14-3-7-17(8-4-14)25-10-9-24(2)13-18(25)11-15-5-6-16(12-19(15)21)20(26)23-22/h3-8,12,18H,9-11,13,22H2,1-2H3,(H,23,26). The van der Waals surface area contributed by atoms with E-state index in [4.69, 9.17) is 5.84 Å². The van der Waals surface area contributed by atoms with Gasteiger partial charge in [0.2, 0.25) is 0 Å². The van der Waals surface area contributed by atoms with Crippen LogP contribution in [0.4, 0.5) is 10.1 Å². The molecule has 1 aliphatic heterocycles. The number of hydrogen-bond acceptors (Lipinski definition) is 4. The van der Waals surface area contributed by atoms with Crippen LogP contribution in [-0.2, 0) is 6.42 Å². The lowest BCUT2D eigenvalue weighted by molar-refractivity contribution is 0.0953. The second kappa shape index (κ2) is 7.85. The fourth-order valence-electron chi connectivity index (χ4n) is 3.45. The van der Waals surface area contributed by atoms with Crippen molar-refractivity contribution in [3.63, 3.8) is 0 Å². The number of hydrazine groups is 1. The summed E-state index contributed by atoms with van der Waals surface area (Å²) in [4.78, 5) is 16.2. The number of aryl methyl sites for hydroxylation is 1. The van der Waals surface area contributed by atoms with E-state index in [0.717, 1.165) is 25.3 Å². The van der Waals surface area contributed by atoms with Gasteiger partial charge in [0, 0.05) is 36.9 Å². The number of hydrogen-bond donors (Lipinski definition) is 2. The highest BCUT2D eigenvalue weighted by Crippen LogP contribution is 2.24. The Hall–Kier alpha value is -2.44. The van der Waals surface area contributed by atoms with Crippen LogP contribution in [0.3, 0.4) is 0 Å². The van der Waals surface area contributed by atoms with Crippen molar-refractivity contribution in [3.05, 3.63) is 65.0 Å². The molecule has 138 valence electrons. The molecule has 1 amide bonds. The normalized spacial score (nSPS) is 18.0. The van der Waals surface area contributed by atoms with Crippen LogP contribution in [-0.4, -0.2) is 43.5 Å². The molecule has 5 nitrogen and oxygen atoms in total. The number of benzene rings is 2. The Morgan fingerprint density at radius 3 is 2.62 bits per heavy atom. The maximum atomic E-state index is 14.5. The molecule has 2 aromatic rings. The Labute approximate surface area is 153 Å². The third-order valence-corrected chi connectivity index (χ3v) is 4.95. The summed E-state index contributed by atoms with van der Waals surface area (Å²) in [5.74, 6) is 4.25. The third-order valence-electron chi connectivity index (χ3n) is 4.95. The van der Waals surface area contributed by atoms with Crippen molar-refractivity contribution >= 4 is 11.6 Å². The smallest absolute Gasteiger partial charge is 0.265 e. The molecule has 0 bridgehead atoms. The molecule has 0 saturated carbocycles. The summed E-state index contributed by atoms with van der Waals surface area (Å²) in [6.07, 6.45) is 0.578. The minimum Gasteiger partial charge on any atom is -0.366 e. The summed E-state index contributed by atoms with van der Waals surface area (Å²) in [5, 5.41) is 0. The first-order valence-corrected chi connectivity index (χ1v) is 8.79. The van der Waals surface area contributed by atoms with Gasteiger partial charge in [-0.05, 0) is 50.2 Å². The highest BCUT2D eigenvalue weighted by Gasteiger charge is 2.26. The fraction of sp³-hybridized carbons (Fsp3) is 0.350. The maximum absolute atomic E-state index is 14.5. The van der Waals surface area contributed by atoms with Crippen LogP contribution in [0.2, 0.25) is 0 Å². The molecule has 3 N–H and O–H groups in total. The number of nitrogens with one attached hydrogen (secondary N) is 1. The van der Waals surface area contributed by atoms with Crippen molar-refractivity contribution in [2.75, 3.05) is 31.6 Å². The van der Waals surface area contributed by atoms with Crippen LogP contribution in [0.25, 0.3) is 0 Å². The molecule has 26 heavy (non-hydrogen) atoms. The first kappa shape index (κ1) is 18.4. The molecule has 6 heteroatoms. The Balaban J connectivity index is 1.83. The predicted molar refractivity (Wildman–Crippen MR) is 102 cm³/mol. The van der Waals surface area contributed by atoms with Gasteiger partial charge >= 0.3 is 0 Å². The predicted octanol–water partition coefficient (Wildman–Crippen LogP) is 2.10. The van der Waals surface area contributed by atoms with E-state index in [9.17, 15) is 9.18 Å². The zero-order chi connectivity index (χ0) is 18.7. The van der Waals surface area contributed by atoms with Crippen molar-refractivity contribution in [2.45, 2.75) is 19.4 Å². The van der Waals surface area contributed by atoms with Crippen molar-refractivity contribution < 1.29 is 9.18 Å². The summed E-state index contributed by atoms with van der Waals surface area (Å²) in [7, 11) is 2.09. The number of nitrogens with two attached hydrogens (primary N) is 1. The van der Waals surface area contributed by atoms with E-state index in [1.807, 2.05) is 5.43 Å². The molecule has 1 unspecified atom stereocenters. The van der Waals surface area contributed by atoms with E-state index < -0.39 is 5.91 Å². The van der Waals surface area contributed by atoms with E-state index in [-0.39, 0.29) is 17.4 Å². The monoisotopic (exact) mass is 356 g/mol. The van der Waals surface area contributed by atoms with Gasteiger partial charge in [0.15, 0.2) is 0 Å². The van der Waals surface area contributed by atoms with Gasteiger partial charge in [0.1, 0.15) is 5.82 Å². The molecule has 1 atom stereocenters. The molecule has 3 rings (SSSR count). The second-order valence-corrected chi connectivity index (χ2v) is 6.93. The van der Waals surface area contributed by atoms with E-state index in [0.29, 0.717) is 12.0 Å². The highest BCUT2D eigenvalue weighted by molar-refractivity contribution is 5.93. The number of amides is 1. The number of anilines is 1. The Morgan fingerprint density at radius 2 is 1.96 bits per heavy atom. The van der Waals surface area contributed by atoms with Crippen molar-refractivity contribution in [1.29, 1.82) is 0 Å². The maximum Gasteiger partial charge on any atom is 0.265 e. The zero-order valence-electron chi connectivity index (χ0n) is 15.2. The summed E-state index contributed by atoms with van der Waals surface area (Å²) in [5.41, 5.74) is 5.24. The van der Waals surface area contributed by atoms with Crippen LogP contribution >= 0.6 is 0 Å². The van der Waals surface area contributed by atoms with Crippen molar-refractivity contribution in [2.24, 2.45) is 5.84 Å². The molecule has 1 aliphatic rings. The molecule has 0 spiro atoms. The van der Waals surface area contributed by atoms with Crippen LogP contribution in [0.5, 0.6) is 0 Å². The van der Waals surface area contributed by atoms with Gasteiger partial charge in [-0.25, -0.2) is 10.2 Å². The number of piperazine rings is 1. The number of carbonyl (C=O) groups excluding carboxylic acids is 1. The number of likely N-dealkylation sites (N-methyl/N-ethyl adjacent to an activating group) is 1. The molecule has 0 aromatic heterocycles. The molecule has 1 fully saturated rings. The summed E-state index contributed by atoms with van der Waals surface area (Å²) >= 11 is 0. The summed E-state index contributed by atoms with van der Waals surface area (Å²) in [6.45, 7) is 4.81. The van der Waals surface area contributed by atoms with Crippen LogP contribution in [0.15, 0.2) is 42.5 Å². The van der Waals surface area contributed by atoms with E-state index in [2.05, 4.69) is 48.0 Å². The second-order valence-electron chi connectivity index (χ2n) is 6.93. The molecule has 2 aromatic carbocycles. The van der Waals surface area contributed by atoms with Gasteiger partial charge in [-0.1, -0.05) is 23.8 Å². The van der Waals surface area contributed by atoms with Gasteiger partial charge in [-0.15, -0.1) is 0 Å². The van der Waals surface area contributed by atoms with Crippen LogP contribution in [0, 0.1) is 12.7 Å². The number of carbonyl (C=O) groups is 1. The van der Waals surface area contributed by atoms with Gasteiger partial charge in [-0.2, -0.15) is 0 Å². The average molecular weight is 356 g/mol. The molecular weight excluding hydrogens is 331 g/mol. The van der Waals surface area contributed by atoms with Crippen molar-refractivity contribution in [1.82, 2.24) is 10.3 Å². The Bertz CT molecular complexity index is 778. The summed E-state index contributed by atoms with van der Waals surface area (Å²) < 4.78 is 14.5. The molecule has 0 aliphatic carbocycles. The van der Waals surface area contributed by atoms with Crippen LogP contribution < -0.4 is 16.2 Å². The minimum absolute atomic E-state index is 0.167. The lowest BCUT2D eigenvalue weighted by Crippen LogP contribution is -2.53. The van der Waals surface area contributed by atoms with E-state index >= 15 is 0 Å². The number of nitrogen functional groups attached to an aromatic ring is 1. The largest absolute Gasteiger partial charge is 0.366 e. The minimum atomic E-state index is -0.492. The first-order chi connectivity index (χ1) is 12.5. The zero-order valence-corrected chi connectivity index (χ0v) is 15.2. The first-order valence-electron chi connectivity index (χ1n) is 8.79. The number of nitrogens with zero attached hydrogens (tertiary/aromatic N) is 2. The summed E-state index contributed by atoms with van der Waals surface area (Å²) in [6, 6.07) is 13.2. The molecule has 1 saturated heterocycles. The lowest BCUT2D eigenvalue weighted by Gasteiger charge is -2.42. The number of rotatable bonds is 4. The topological polar surface area (TPSA) is 61.6 Å². The number of halogens is 1. The van der Waals surface area contributed by atoms with E-state index in [1.54, 1.807) is 12.1 Å². The average Bonchev–Trinajstić information content (AvgIpc) is 2.64. The quantitative estimate of drug-likeness (QED) is 0.500. The molecule has 0 radical (unpaired) electrons. The van der Waals surface area contributed by atoms with Crippen LogP contribution in [0.1, 0.15) is 21.5 Å². The molecular formula is C20H25FN4O. The highest BCUT2D eigenvalue weighted by atomic mass is 19.1. The van der Waals surface area contributed by atoms with Gasteiger partial charge in [0.05, 0.1) is 0 Å². The SMILES string of the molecule is Cc1ccc(N2CCN(C)CC2Cc2ccc(C(=O)NN)cc2F)cc1. The van der Waals surface area contributed by atoms with Gasteiger partial charge in [0.25, 0.3) is 5.91 Å². The van der Waals surface area contributed by atoms with E-state index in [1.165, 1.54) is 11.6 Å². The fourth-order valence-corrected chi connectivity index (χ4v) is 3.45. The molecule has 1 heterocycles. The Kier molecular flexibility index (Phi) is 5.54. The Morgan fingerprint density at radius 1 is 1.23 bits per heavy atom.